The lowest BCUT2D eigenvalue weighted by molar-refractivity contribution is 0.117. The molecule has 2 nitrogen and oxygen atoms in total. The van der Waals surface area contributed by atoms with Crippen molar-refractivity contribution >= 4 is 18.7 Å². The third-order valence-corrected chi connectivity index (χ3v) is 9.29. The molecule has 3 heteroatoms. The number of hydrogen-bond donors (Lipinski definition) is 0. The van der Waals surface area contributed by atoms with Crippen LogP contribution in [0.15, 0.2) is 83.5 Å². The Bertz CT molecular complexity index is 759. The Labute approximate surface area is 157 Å². The Morgan fingerprint density at radius 3 is 2.00 bits per heavy atom. The minimum atomic E-state index is -2.28. The molecule has 0 radical (unpaired) electrons. The van der Waals surface area contributed by atoms with E-state index in [9.17, 15) is 0 Å². The summed E-state index contributed by atoms with van der Waals surface area (Å²) in [7, 11) is -2.28. The van der Waals surface area contributed by atoms with Gasteiger partial charge in [-0.25, -0.2) is 0 Å². The smallest absolute Gasteiger partial charge is 0.253 e. The fourth-order valence-corrected chi connectivity index (χ4v) is 7.33. The standard InChI is InChI=1S/C23H26O2Si/c1-26(19-11-4-2-5-12-19,20-13-6-3-7-14-20)25-23-16-9-8-15-21(23)22-17-10-18-24-22/h2-7,10-14,17-18,21,23H,8-9,15-16H2,1H3/t21-,23+/m1/s1. The highest BCUT2D eigenvalue weighted by Crippen LogP contribution is 2.36. The van der Waals surface area contributed by atoms with Crippen LogP contribution in [0.2, 0.25) is 6.55 Å². The highest BCUT2D eigenvalue weighted by atomic mass is 28.4. The summed E-state index contributed by atoms with van der Waals surface area (Å²) in [4.78, 5) is 0. The maximum Gasteiger partial charge on any atom is 0.253 e. The van der Waals surface area contributed by atoms with Gasteiger partial charge in [-0.05, 0) is 41.9 Å². The molecule has 1 saturated carbocycles. The lowest BCUT2D eigenvalue weighted by Gasteiger charge is -2.38. The van der Waals surface area contributed by atoms with Crippen molar-refractivity contribution in [3.63, 3.8) is 0 Å². The molecule has 2 aromatic carbocycles. The summed E-state index contributed by atoms with van der Waals surface area (Å²) in [5.74, 6) is 1.44. The summed E-state index contributed by atoms with van der Waals surface area (Å²) in [5.41, 5.74) is 0. The van der Waals surface area contributed by atoms with Crippen molar-refractivity contribution in [3.8, 4) is 0 Å². The van der Waals surface area contributed by atoms with Crippen LogP contribution in [0.3, 0.4) is 0 Å². The molecule has 2 atom stereocenters. The molecule has 0 saturated heterocycles. The van der Waals surface area contributed by atoms with E-state index in [1.165, 1.54) is 23.2 Å². The van der Waals surface area contributed by atoms with E-state index in [-0.39, 0.29) is 6.10 Å². The molecule has 1 aliphatic carbocycles. The van der Waals surface area contributed by atoms with Crippen LogP contribution in [0, 0.1) is 0 Å². The second-order valence-corrected chi connectivity index (χ2v) is 10.8. The number of hydrogen-bond acceptors (Lipinski definition) is 2. The molecule has 4 rings (SSSR count). The SMILES string of the molecule is C[Si](O[C@H]1CCCC[C@@H]1c1ccco1)(c1ccccc1)c1ccccc1. The van der Waals surface area contributed by atoms with Crippen LogP contribution in [0.5, 0.6) is 0 Å². The average Bonchev–Trinajstić information content (AvgIpc) is 3.24. The molecule has 0 unspecified atom stereocenters. The van der Waals surface area contributed by atoms with Crippen LogP contribution >= 0.6 is 0 Å². The van der Waals surface area contributed by atoms with Gasteiger partial charge in [-0.2, -0.15) is 0 Å². The van der Waals surface area contributed by atoms with Gasteiger partial charge in [-0.15, -0.1) is 0 Å². The van der Waals surface area contributed by atoms with Gasteiger partial charge in [0.1, 0.15) is 5.76 Å². The lowest BCUT2D eigenvalue weighted by Crippen LogP contribution is -2.60. The zero-order chi connectivity index (χ0) is 17.8. The van der Waals surface area contributed by atoms with E-state index in [2.05, 4.69) is 73.3 Å². The molecule has 3 aromatic rings. The highest BCUT2D eigenvalue weighted by Gasteiger charge is 2.40. The Morgan fingerprint density at radius 2 is 1.42 bits per heavy atom. The van der Waals surface area contributed by atoms with Gasteiger partial charge in [-0.1, -0.05) is 73.5 Å². The maximum atomic E-state index is 7.07. The summed E-state index contributed by atoms with van der Waals surface area (Å²) >= 11 is 0. The molecule has 26 heavy (non-hydrogen) atoms. The van der Waals surface area contributed by atoms with Crippen LogP contribution < -0.4 is 10.4 Å². The molecule has 1 aliphatic rings. The zero-order valence-electron chi connectivity index (χ0n) is 15.3. The minimum absolute atomic E-state index is 0.215. The van der Waals surface area contributed by atoms with Crippen LogP contribution in [-0.4, -0.2) is 14.4 Å². The molecule has 0 aliphatic heterocycles. The second kappa shape index (κ2) is 7.64. The highest BCUT2D eigenvalue weighted by molar-refractivity contribution is 6.96. The van der Waals surface area contributed by atoms with Crippen molar-refractivity contribution in [2.45, 2.75) is 44.3 Å². The Kier molecular flexibility index (Phi) is 5.09. The van der Waals surface area contributed by atoms with Crippen LogP contribution in [0.25, 0.3) is 0 Å². The summed E-state index contributed by atoms with van der Waals surface area (Å²) in [6, 6.07) is 25.7. The largest absolute Gasteiger partial charge is 0.469 e. The fraction of sp³-hybridized carbons (Fsp3) is 0.304. The van der Waals surface area contributed by atoms with Gasteiger partial charge < -0.3 is 8.84 Å². The van der Waals surface area contributed by atoms with Gasteiger partial charge in [0.2, 0.25) is 0 Å². The van der Waals surface area contributed by atoms with Gasteiger partial charge in [0.15, 0.2) is 0 Å². The van der Waals surface area contributed by atoms with E-state index in [0.29, 0.717) is 5.92 Å². The van der Waals surface area contributed by atoms with Crippen LogP contribution in [0.4, 0.5) is 0 Å². The number of benzene rings is 2. The molecule has 1 heterocycles. The number of rotatable bonds is 5. The second-order valence-electron chi connectivity index (χ2n) is 7.33. The van der Waals surface area contributed by atoms with Gasteiger partial charge in [-0.3, -0.25) is 0 Å². The molecular formula is C23H26O2Si. The van der Waals surface area contributed by atoms with E-state index < -0.39 is 8.32 Å². The van der Waals surface area contributed by atoms with Crippen LogP contribution in [0.1, 0.15) is 37.4 Å². The van der Waals surface area contributed by atoms with E-state index in [0.717, 1.165) is 18.6 Å². The van der Waals surface area contributed by atoms with E-state index in [4.69, 9.17) is 8.84 Å². The molecule has 0 bridgehead atoms. The Balaban J connectivity index is 1.70. The summed E-state index contributed by atoms with van der Waals surface area (Å²) < 4.78 is 12.8. The predicted molar refractivity (Wildman–Crippen MR) is 109 cm³/mol. The van der Waals surface area contributed by atoms with Gasteiger partial charge in [0, 0.05) is 5.92 Å². The van der Waals surface area contributed by atoms with E-state index in [1.807, 2.05) is 6.07 Å². The first kappa shape index (κ1) is 17.3. The minimum Gasteiger partial charge on any atom is -0.469 e. The quantitative estimate of drug-likeness (QED) is 0.613. The molecular weight excluding hydrogens is 336 g/mol. The first-order valence-corrected chi connectivity index (χ1v) is 12.0. The molecule has 1 aromatic heterocycles. The van der Waals surface area contributed by atoms with Crippen molar-refractivity contribution in [1.82, 2.24) is 0 Å². The van der Waals surface area contributed by atoms with Gasteiger partial charge in [0.25, 0.3) is 8.32 Å². The normalized spacial score (nSPS) is 20.8. The zero-order valence-corrected chi connectivity index (χ0v) is 16.3. The number of furan rings is 1. The van der Waals surface area contributed by atoms with Crippen molar-refractivity contribution in [3.05, 3.63) is 84.8 Å². The van der Waals surface area contributed by atoms with E-state index in [1.54, 1.807) is 6.26 Å². The van der Waals surface area contributed by atoms with Gasteiger partial charge >= 0.3 is 0 Å². The molecule has 0 amide bonds. The van der Waals surface area contributed by atoms with Gasteiger partial charge in [0.05, 0.1) is 12.4 Å². The summed E-state index contributed by atoms with van der Waals surface area (Å²) in [6.07, 6.45) is 6.73. The van der Waals surface area contributed by atoms with E-state index >= 15 is 0 Å². The Morgan fingerprint density at radius 1 is 0.808 bits per heavy atom. The molecule has 0 spiro atoms. The average molecular weight is 363 g/mol. The third kappa shape index (κ3) is 3.42. The lowest BCUT2D eigenvalue weighted by atomic mass is 9.85. The monoisotopic (exact) mass is 362 g/mol. The molecule has 1 fully saturated rings. The first-order valence-electron chi connectivity index (χ1n) is 9.59. The molecule has 0 N–H and O–H groups in total. The maximum absolute atomic E-state index is 7.07. The molecule has 134 valence electrons. The van der Waals surface area contributed by atoms with Crippen LogP contribution in [-0.2, 0) is 4.43 Å². The summed E-state index contributed by atoms with van der Waals surface area (Å²) in [6.45, 7) is 2.34. The van der Waals surface area contributed by atoms with Crippen molar-refractivity contribution in [2.75, 3.05) is 0 Å². The fourth-order valence-electron chi connectivity index (χ4n) is 4.18. The van der Waals surface area contributed by atoms with Crippen molar-refractivity contribution < 1.29 is 8.84 Å². The third-order valence-electron chi connectivity index (χ3n) is 5.65. The topological polar surface area (TPSA) is 22.4 Å². The Hall–Kier alpha value is -2.10. The van der Waals surface area contributed by atoms with Crippen molar-refractivity contribution in [2.24, 2.45) is 0 Å². The predicted octanol–water partition coefficient (Wildman–Crippen LogP) is 4.71. The first-order chi connectivity index (χ1) is 12.8. The summed E-state index contributed by atoms with van der Waals surface area (Å²) in [5, 5.41) is 2.66. The van der Waals surface area contributed by atoms with Crippen molar-refractivity contribution in [1.29, 1.82) is 0 Å².